The number of anilines is 1. The van der Waals surface area contributed by atoms with Gasteiger partial charge in [0.1, 0.15) is 5.82 Å². The molecule has 0 spiro atoms. The summed E-state index contributed by atoms with van der Waals surface area (Å²) < 4.78 is 50.0. The summed E-state index contributed by atoms with van der Waals surface area (Å²) in [6, 6.07) is 10.3. The van der Waals surface area contributed by atoms with Crippen molar-refractivity contribution < 1.29 is 22.5 Å². The van der Waals surface area contributed by atoms with Gasteiger partial charge in [-0.15, -0.1) is 0 Å². The third kappa shape index (κ3) is 3.91. The van der Waals surface area contributed by atoms with Crippen molar-refractivity contribution >= 4 is 17.6 Å². The number of hydrogen-bond acceptors (Lipinski definition) is 3. The molecule has 0 saturated heterocycles. The van der Waals surface area contributed by atoms with Gasteiger partial charge in [0.05, 0.1) is 5.56 Å². The first-order valence-corrected chi connectivity index (χ1v) is 9.69. The second-order valence-corrected chi connectivity index (χ2v) is 7.40. The highest BCUT2D eigenvalue weighted by Crippen LogP contribution is 2.28. The van der Waals surface area contributed by atoms with Crippen LogP contribution in [0.3, 0.4) is 0 Å². The van der Waals surface area contributed by atoms with Crippen molar-refractivity contribution in [3.63, 3.8) is 0 Å². The Balaban J connectivity index is 1.60. The van der Waals surface area contributed by atoms with E-state index in [9.17, 15) is 18.4 Å². The average Bonchev–Trinajstić information content (AvgIpc) is 2.74. The molecule has 31 heavy (non-hydrogen) atoms. The lowest BCUT2D eigenvalue weighted by atomic mass is 9.90. The highest BCUT2D eigenvalue weighted by atomic mass is 19.1. The van der Waals surface area contributed by atoms with E-state index in [1.807, 2.05) is 13.0 Å². The highest BCUT2D eigenvalue weighted by Gasteiger charge is 2.29. The Morgan fingerprint density at radius 2 is 2.06 bits per heavy atom. The van der Waals surface area contributed by atoms with Gasteiger partial charge in [0, 0.05) is 29.4 Å². The minimum absolute atomic E-state index is 0.0201. The van der Waals surface area contributed by atoms with Gasteiger partial charge < -0.3 is 5.32 Å². The first-order chi connectivity index (χ1) is 16.0. The molecule has 0 unspecified atom stereocenters. The number of benzene rings is 2. The molecular weight excluding hydrogens is 400 g/mol. The topological polar surface area (TPSA) is 62.3 Å². The molecule has 1 aliphatic heterocycles. The van der Waals surface area contributed by atoms with E-state index >= 15 is 0 Å². The predicted molar refractivity (Wildman–Crippen MR) is 113 cm³/mol. The lowest BCUT2D eigenvalue weighted by Crippen LogP contribution is -2.39. The summed E-state index contributed by atoms with van der Waals surface area (Å²) >= 11 is 0. The number of rotatable bonds is 4. The number of aromatic nitrogens is 1. The first kappa shape index (κ1) is 17.1. The van der Waals surface area contributed by atoms with E-state index in [0.29, 0.717) is 24.1 Å². The molecule has 0 saturated carbocycles. The van der Waals surface area contributed by atoms with Crippen molar-refractivity contribution in [3.8, 4) is 0 Å². The quantitative estimate of drug-likeness (QED) is 0.693. The number of aryl methyl sites for hydroxylation is 1. The molecule has 3 aromatic rings. The normalized spacial score (nSPS) is 15.0. The van der Waals surface area contributed by atoms with Gasteiger partial charge in [-0.2, -0.15) is 0 Å². The molecule has 0 fully saturated rings. The molecule has 1 N–H and O–H groups in total. The van der Waals surface area contributed by atoms with Gasteiger partial charge in [0.15, 0.2) is 11.6 Å². The summed E-state index contributed by atoms with van der Waals surface area (Å²) in [7, 11) is 0. The standard InChI is InChI=1S/C24H21F2N3O2/c1-14-10-16-7-9-29(22-20(25)4-3-8-28-22)24(31)19(16)13-17(14)11-15-5-6-18(21(26)12-15)23(30)27-2/h3-6,8,10,12-13H,7,9,11H2,1-2H3,(H,27,30)/i2D3. The Kier molecular flexibility index (Phi) is 4.56. The van der Waals surface area contributed by atoms with E-state index < -0.39 is 24.5 Å². The van der Waals surface area contributed by atoms with Crippen molar-refractivity contribution in [2.45, 2.75) is 19.8 Å². The maximum atomic E-state index is 14.5. The fourth-order valence-electron chi connectivity index (χ4n) is 3.81. The zero-order valence-electron chi connectivity index (χ0n) is 19.7. The van der Waals surface area contributed by atoms with Gasteiger partial charge in [-0.3, -0.25) is 14.5 Å². The van der Waals surface area contributed by atoms with Crippen molar-refractivity contribution in [2.75, 3.05) is 18.4 Å². The van der Waals surface area contributed by atoms with E-state index in [4.69, 9.17) is 4.11 Å². The van der Waals surface area contributed by atoms with Crippen LogP contribution in [0.25, 0.3) is 0 Å². The lowest BCUT2D eigenvalue weighted by Gasteiger charge is -2.29. The second-order valence-electron chi connectivity index (χ2n) is 7.40. The van der Waals surface area contributed by atoms with Crippen LogP contribution < -0.4 is 10.2 Å². The van der Waals surface area contributed by atoms with Crippen molar-refractivity contribution in [1.82, 2.24) is 10.3 Å². The molecule has 2 aromatic carbocycles. The maximum absolute atomic E-state index is 14.5. The largest absolute Gasteiger partial charge is 0.355 e. The molecule has 158 valence electrons. The Labute approximate surface area is 182 Å². The maximum Gasteiger partial charge on any atom is 0.259 e. The summed E-state index contributed by atoms with van der Waals surface area (Å²) in [5.41, 5.74) is 3.14. The van der Waals surface area contributed by atoms with Crippen LogP contribution in [0.1, 0.15) is 47.1 Å². The highest BCUT2D eigenvalue weighted by molar-refractivity contribution is 6.08. The third-order valence-electron chi connectivity index (χ3n) is 5.42. The van der Waals surface area contributed by atoms with Gasteiger partial charge in [-0.05, 0) is 72.4 Å². The smallest absolute Gasteiger partial charge is 0.259 e. The molecule has 7 heteroatoms. The van der Waals surface area contributed by atoms with Gasteiger partial charge in [-0.1, -0.05) is 12.1 Å². The number of nitrogens with one attached hydrogen (secondary N) is 1. The molecule has 1 aliphatic rings. The van der Waals surface area contributed by atoms with E-state index in [1.165, 1.54) is 41.4 Å². The van der Waals surface area contributed by atoms with Crippen LogP contribution >= 0.6 is 0 Å². The van der Waals surface area contributed by atoms with Crippen molar-refractivity contribution in [2.24, 2.45) is 0 Å². The summed E-state index contributed by atoms with van der Waals surface area (Å²) in [6.07, 6.45) is 2.25. The summed E-state index contributed by atoms with van der Waals surface area (Å²) in [4.78, 5) is 30.5. The van der Waals surface area contributed by atoms with Crippen LogP contribution in [0.2, 0.25) is 0 Å². The summed E-state index contributed by atoms with van der Waals surface area (Å²) in [5.74, 6) is -2.83. The molecule has 1 aromatic heterocycles. The number of carbonyl (C=O) groups is 2. The Hall–Kier alpha value is -3.61. The van der Waals surface area contributed by atoms with E-state index in [0.717, 1.165) is 16.7 Å². The van der Waals surface area contributed by atoms with Crippen LogP contribution in [0.4, 0.5) is 14.6 Å². The van der Waals surface area contributed by atoms with Crippen LogP contribution in [-0.4, -0.2) is 30.3 Å². The second kappa shape index (κ2) is 8.26. The van der Waals surface area contributed by atoms with Crippen LogP contribution in [-0.2, 0) is 12.8 Å². The monoisotopic (exact) mass is 424 g/mol. The molecule has 0 bridgehead atoms. The molecule has 0 radical (unpaired) electrons. The molecule has 2 heterocycles. The fourth-order valence-corrected chi connectivity index (χ4v) is 3.81. The van der Waals surface area contributed by atoms with Crippen LogP contribution in [0.5, 0.6) is 0 Å². The van der Waals surface area contributed by atoms with Crippen LogP contribution in [0, 0.1) is 18.6 Å². The minimum atomic E-state index is -2.72. The number of amides is 2. The predicted octanol–water partition coefficient (Wildman–Crippen LogP) is 3.82. The number of nitrogens with zero attached hydrogens (tertiary/aromatic N) is 2. The van der Waals surface area contributed by atoms with Gasteiger partial charge >= 0.3 is 0 Å². The third-order valence-corrected chi connectivity index (χ3v) is 5.42. The molecule has 5 nitrogen and oxygen atoms in total. The summed E-state index contributed by atoms with van der Waals surface area (Å²) in [5, 5.41) is 1.76. The average molecular weight is 424 g/mol. The Bertz CT molecular complexity index is 1290. The van der Waals surface area contributed by atoms with Gasteiger partial charge in [0.25, 0.3) is 11.8 Å². The lowest BCUT2D eigenvalue weighted by molar-refractivity contribution is 0.0956. The zero-order valence-corrected chi connectivity index (χ0v) is 16.7. The summed E-state index contributed by atoms with van der Waals surface area (Å²) in [6.45, 7) is -0.524. The number of hydrogen-bond donors (Lipinski definition) is 1. The molecule has 2 amide bonds. The van der Waals surface area contributed by atoms with Gasteiger partial charge in [0.2, 0.25) is 0 Å². The Morgan fingerprint density at radius 1 is 1.23 bits per heavy atom. The van der Waals surface area contributed by atoms with E-state index in [2.05, 4.69) is 4.98 Å². The molecule has 0 aliphatic carbocycles. The number of halogens is 2. The number of carbonyl (C=O) groups excluding carboxylic acids is 2. The van der Waals surface area contributed by atoms with Gasteiger partial charge in [-0.25, -0.2) is 13.8 Å². The number of fused-ring (bicyclic) bond motifs is 1. The number of pyridine rings is 1. The SMILES string of the molecule is [2H]C([2H])([2H])NC(=O)c1ccc(Cc2cc3c(cc2C)CCN(c2ncccc2F)C3=O)cc1F. The minimum Gasteiger partial charge on any atom is -0.355 e. The molecule has 0 atom stereocenters. The van der Waals surface area contributed by atoms with Crippen LogP contribution in [0.15, 0.2) is 48.7 Å². The van der Waals surface area contributed by atoms with Crippen molar-refractivity contribution in [3.05, 3.63) is 93.7 Å². The zero-order chi connectivity index (χ0) is 24.6. The fraction of sp³-hybridized carbons (Fsp3) is 0.208. The van der Waals surface area contributed by atoms with E-state index in [-0.39, 0.29) is 23.7 Å². The van der Waals surface area contributed by atoms with E-state index in [1.54, 1.807) is 11.4 Å². The molecule has 4 rings (SSSR count). The Morgan fingerprint density at radius 3 is 2.81 bits per heavy atom. The van der Waals surface area contributed by atoms with Crippen molar-refractivity contribution in [1.29, 1.82) is 0 Å². The first-order valence-electron chi connectivity index (χ1n) is 11.2. The molecular formula is C24H21F2N3O2.